The van der Waals surface area contributed by atoms with E-state index in [0.717, 1.165) is 38.2 Å². The second kappa shape index (κ2) is 7.35. The lowest BCUT2D eigenvalue weighted by Gasteiger charge is -2.19. The highest BCUT2D eigenvalue weighted by atomic mass is 32.2. The fraction of sp³-hybridized carbons (Fsp3) is 0.600. The Bertz CT molecular complexity index is 560. The average molecular weight is 311 g/mol. The zero-order valence-electron chi connectivity index (χ0n) is 12.7. The summed E-state index contributed by atoms with van der Waals surface area (Å²) >= 11 is 0. The van der Waals surface area contributed by atoms with Crippen LogP contribution < -0.4 is 5.73 Å². The molecule has 0 spiro atoms. The van der Waals surface area contributed by atoms with E-state index in [0.29, 0.717) is 18.0 Å². The average Bonchev–Trinajstić information content (AvgIpc) is 2.70. The highest BCUT2D eigenvalue weighted by molar-refractivity contribution is 7.91. The van der Waals surface area contributed by atoms with Crippen molar-refractivity contribution in [2.24, 2.45) is 5.73 Å². The molecule has 5 nitrogen and oxygen atoms in total. The quantitative estimate of drug-likeness (QED) is 0.860. The summed E-state index contributed by atoms with van der Waals surface area (Å²) in [5.41, 5.74) is 6.43. The van der Waals surface area contributed by atoms with Gasteiger partial charge in [0.05, 0.1) is 10.6 Å². The molecule has 0 saturated carbocycles. The maximum absolute atomic E-state index is 12.4. The highest BCUT2D eigenvalue weighted by Gasteiger charge is 2.18. The SMILES string of the molecule is CN1CCCN(CCS(=O)(=O)c2cccc(CN)c2)CC1. The maximum atomic E-state index is 12.4. The van der Waals surface area contributed by atoms with Crippen LogP contribution >= 0.6 is 0 Å². The second-order valence-electron chi connectivity index (χ2n) is 5.67. The van der Waals surface area contributed by atoms with Gasteiger partial charge < -0.3 is 15.5 Å². The summed E-state index contributed by atoms with van der Waals surface area (Å²) in [6.07, 6.45) is 1.10. The summed E-state index contributed by atoms with van der Waals surface area (Å²) < 4.78 is 24.8. The molecule has 0 bridgehead atoms. The van der Waals surface area contributed by atoms with Crippen LogP contribution in [0.15, 0.2) is 29.2 Å². The maximum Gasteiger partial charge on any atom is 0.179 e. The van der Waals surface area contributed by atoms with Gasteiger partial charge in [-0.1, -0.05) is 12.1 Å². The monoisotopic (exact) mass is 311 g/mol. The summed E-state index contributed by atoms with van der Waals surface area (Å²) in [6.45, 7) is 4.97. The van der Waals surface area contributed by atoms with Gasteiger partial charge in [-0.25, -0.2) is 8.42 Å². The predicted octanol–water partition coefficient (Wildman–Crippen LogP) is 0.557. The normalized spacial score (nSPS) is 18.6. The standard InChI is InChI=1S/C15H25N3O2S/c1-17-6-3-7-18(9-8-17)10-11-21(19,20)15-5-2-4-14(12-15)13-16/h2,4-5,12H,3,6-11,13,16H2,1H3. The van der Waals surface area contributed by atoms with Crippen molar-refractivity contribution in [3.63, 3.8) is 0 Å². The van der Waals surface area contributed by atoms with Crippen LogP contribution in [0.25, 0.3) is 0 Å². The summed E-state index contributed by atoms with van der Waals surface area (Å²) in [6, 6.07) is 6.95. The van der Waals surface area contributed by atoms with Crippen molar-refractivity contribution in [2.75, 3.05) is 45.5 Å². The van der Waals surface area contributed by atoms with Crippen LogP contribution in [0.2, 0.25) is 0 Å². The number of nitrogens with two attached hydrogens (primary N) is 1. The van der Waals surface area contributed by atoms with Gasteiger partial charge in [-0.2, -0.15) is 0 Å². The molecule has 0 unspecified atom stereocenters. The molecule has 0 aromatic heterocycles. The highest BCUT2D eigenvalue weighted by Crippen LogP contribution is 2.14. The third kappa shape index (κ3) is 4.78. The predicted molar refractivity (Wildman–Crippen MR) is 84.9 cm³/mol. The Morgan fingerprint density at radius 1 is 1.19 bits per heavy atom. The fourth-order valence-electron chi connectivity index (χ4n) is 2.56. The van der Waals surface area contributed by atoms with E-state index in [1.54, 1.807) is 18.2 Å². The molecular formula is C15H25N3O2S. The minimum Gasteiger partial charge on any atom is -0.326 e. The van der Waals surface area contributed by atoms with Gasteiger partial charge in [0.25, 0.3) is 0 Å². The molecule has 118 valence electrons. The topological polar surface area (TPSA) is 66.6 Å². The Hall–Kier alpha value is -0.950. The van der Waals surface area contributed by atoms with Gasteiger partial charge in [-0.05, 0) is 44.3 Å². The van der Waals surface area contributed by atoms with E-state index >= 15 is 0 Å². The third-order valence-electron chi connectivity index (χ3n) is 3.98. The van der Waals surface area contributed by atoms with Crippen molar-refractivity contribution in [3.8, 4) is 0 Å². The zero-order valence-corrected chi connectivity index (χ0v) is 13.5. The Balaban J connectivity index is 1.97. The number of nitrogens with zero attached hydrogens (tertiary/aromatic N) is 2. The lowest BCUT2D eigenvalue weighted by Crippen LogP contribution is -2.33. The lowest BCUT2D eigenvalue weighted by molar-refractivity contribution is 0.289. The van der Waals surface area contributed by atoms with Gasteiger partial charge in [-0.15, -0.1) is 0 Å². The Kier molecular flexibility index (Phi) is 5.75. The minimum absolute atomic E-state index is 0.171. The van der Waals surface area contributed by atoms with Crippen molar-refractivity contribution in [1.82, 2.24) is 9.80 Å². The molecule has 1 heterocycles. The van der Waals surface area contributed by atoms with Gasteiger partial charge >= 0.3 is 0 Å². The van der Waals surface area contributed by atoms with Gasteiger partial charge in [0, 0.05) is 26.2 Å². The first-order valence-corrected chi connectivity index (χ1v) is 9.09. The molecule has 1 aromatic carbocycles. The van der Waals surface area contributed by atoms with Gasteiger partial charge in [0.2, 0.25) is 0 Å². The molecular weight excluding hydrogens is 286 g/mol. The van der Waals surface area contributed by atoms with Gasteiger partial charge in [0.1, 0.15) is 0 Å². The summed E-state index contributed by atoms with van der Waals surface area (Å²) in [7, 11) is -1.12. The van der Waals surface area contributed by atoms with Crippen LogP contribution in [0.3, 0.4) is 0 Å². The molecule has 1 aliphatic rings. The van der Waals surface area contributed by atoms with E-state index in [1.807, 2.05) is 6.07 Å². The smallest absolute Gasteiger partial charge is 0.179 e. The first-order valence-electron chi connectivity index (χ1n) is 7.44. The first kappa shape index (κ1) is 16.4. The number of sulfone groups is 1. The molecule has 21 heavy (non-hydrogen) atoms. The molecule has 0 atom stereocenters. The largest absolute Gasteiger partial charge is 0.326 e. The van der Waals surface area contributed by atoms with E-state index < -0.39 is 9.84 Å². The molecule has 1 saturated heterocycles. The van der Waals surface area contributed by atoms with Crippen molar-refractivity contribution < 1.29 is 8.42 Å². The number of rotatable bonds is 5. The molecule has 1 aliphatic heterocycles. The number of benzene rings is 1. The van der Waals surface area contributed by atoms with Crippen LogP contribution in [-0.4, -0.2) is 63.7 Å². The van der Waals surface area contributed by atoms with Crippen LogP contribution in [0.5, 0.6) is 0 Å². The second-order valence-corrected chi connectivity index (χ2v) is 7.78. The van der Waals surface area contributed by atoms with Crippen LogP contribution in [-0.2, 0) is 16.4 Å². The van der Waals surface area contributed by atoms with Gasteiger partial charge in [0.15, 0.2) is 9.84 Å². The number of hydrogen-bond donors (Lipinski definition) is 1. The molecule has 1 aromatic rings. The molecule has 0 radical (unpaired) electrons. The van der Waals surface area contributed by atoms with Gasteiger partial charge in [-0.3, -0.25) is 0 Å². The van der Waals surface area contributed by atoms with Crippen molar-refractivity contribution in [3.05, 3.63) is 29.8 Å². The Morgan fingerprint density at radius 2 is 2.00 bits per heavy atom. The minimum atomic E-state index is -3.23. The first-order chi connectivity index (χ1) is 10.0. The van der Waals surface area contributed by atoms with Crippen LogP contribution in [0, 0.1) is 0 Å². The number of likely N-dealkylation sites (N-methyl/N-ethyl adjacent to an activating group) is 1. The molecule has 0 aliphatic carbocycles. The van der Waals surface area contributed by atoms with Crippen LogP contribution in [0.4, 0.5) is 0 Å². The third-order valence-corrected chi connectivity index (χ3v) is 5.67. The lowest BCUT2D eigenvalue weighted by atomic mass is 10.2. The molecule has 2 N–H and O–H groups in total. The van der Waals surface area contributed by atoms with E-state index in [9.17, 15) is 8.42 Å². The van der Waals surface area contributed by atoms with E-state index in [-0.39, 0.29) is 5.75 Å². The van der Waals surface area contributed by atoms with Crippen LogP contribution in [0.1, 0.15) is 12.0 Å². The summed E-state index contributed by atoms with van der Waals surface area (Å²) in [5, 5.41) is 0. The molecule has 0 amide bonds. The van der Waals surface area contributed by atoms with Crippen molar-refractivity contribution in [1.29, 1.82) is 0 Å². The molecule has 2 rings (SSSR count). The van der Waals surface area contributed by atoms with E-state index in [4.69, 9.17) is 5.73 Å². The summed E-state index contributed by atoms with van der Waals surface area (Å²) in [5.74, 6) is 0.171. The fourth-order valence-corrected chi connectivity index (χ4v) is 3.91. The number of hydrogen-bond acceptors (Lipinski definition) is 5. The Labute approximate surface area is 127 Å². The molecule has 6 heteroatoms. The molecule has 1 fully saturated rings. The summed E-state index contributed by atoms with van der Waals surface area (Å²) in [4.78, 5) is 4.92. The van der Waals surface area contributed by atoms with Crippen molar-refractivity contribution >= 4 is 9.84 Å². The van der Waals surface area contributed by atoms with Crippen molar-refractivity contribution in [2.45, 2.75) is 17.9 Å². The Morgan fingerprint density at radius 3 is 2.76 bits per heavy atom. The van der Waals surface area contributed by atoms with E-state index in [1.165, 1.54) is 0 Å². The zero-order chi connectivity index (χ0) is 15.3. The van der Waals surface area contributed by atoms with E-state index in [2.05, 4.69) is 16.8 Å².